The Labute approximate surface area is 250 Å². The maximum Gasteiger partial charge on any atom is 0.470 e. The SMILES string of the molecule is NCCC[C@H](N)C(=O)O.O=P(O)(O)O[C@H]1[C@H](OP(=O)(O)O)[C@@H](OP(=O)(O)O)[C@H](OP(=O)(O)O)[C@@H](OP(=O)(O)O)[C@H]1OP(=O)(O)O. The molecule has 28 nitrogen and oxygen atoms in total. The zero-order chi connectivity index (χ0) is 36.0. The van der Waals surface area contributed by atoms with Crippen molar-refractivity contribution in [3.8, 4) is 0 Å². The van der Waals surface area contributed by atoms with E-state index < -0.39 is 95.6 Å². The standard InChI is InChI=1S/C6H18O24P6.C5H12N2O2/c7-31(8,9)25-1-2(26-32(10,11)12)4(28-34(16,17)18)6(30-36(22,23)24)5(29-35(19,20)21)3(1)27-33(13,14)15;6-3-1-2-4(7)5(8)9/h1-6H,(H2,7,8,9)(H2,10,11,12)(H2,13,14,15)(H2,16,17,18)(H2,19,20,21)(H2,22,23,24);4H,1-3,6-7H2,(H,8,9)/t1-,2-,3-,4+,5-,6-;4-/m.0/s1. The number of carboxylic acid groups (broad SMARTS) is 1. The molecule has 0 aromatic carbocycles. The summed E-state index contributed by atoms with van der Waals surface area (Å²) < 4.78 is 93.1. The largest absolute Gasteiger partial charge is 0.480 e. The number of hydrogen-bond acceptors (Lipinski definition) is 15. The van der Waals surface area contributed by atoms with Crippen molar-refractivity contribution in [1.82, 2.24) is 0 Å². The van der Waals surface area contributed by atoms with Gasteiger partial charge in [-0.15, -0.1) is 0 Å². The monoisotopic (exact) mass is 792 g/mol. The maximum absolute atomic E-state index is 11.4. The van der Waals surface area contributed by atoms with E-state index in [2.05, 4.69) is 27.1 Å². The Bertz CT molecular complexity index is 1030. The molecule has 0 saturated heterocycles. The smallest absolute Gasteiger partial charge is 0.470 e. The fourth-order valence-electron chi connectivity index (χ4n) is 3.25. The second kappa shape index (κ2) is 17.1. The molecular weight excluding hydrogens is 762 g/mol. The fourth-order valence-corrected chi connectivity index (χ4v) is 6.60. The molecule has 0 aromatic rings. The lowest BCUT2D eigenvalue weighted by Crippen LogP contribution is -2.66. The predicted octanol–water partition coefficient (Wildman–Crippen LogP) is -4.00. The van der Waals surface area contributed by atoms with Crippen LogP contribution in [0.2, 0.25) is 0 Å². The highest BCUT2D eigenvalue weighted by Gasteiger charge is 2.62. The molecule has 0 unspecified atom stereocenters. The third kappa shape index (κ3) is 20.2. The molecule has 34 heteroatoms. The van der Waals surface area contributed by atoms with E-state index in [9.17, 15) is 32.2 Å². The molecule has 0 radical (unpaired) electrons. The van der Waals surface area contributed by atoms with Gasteiger partial charge in [-0.3, -0.25) is 31.9 Å². The Morgan fingerprint density at radius 2 is 0.689 bits per heavy atom. The molecule has 0 amide bonds. The lowest BCUT2D eigenvalue weighted by molar-refractivity contribution is -0.202. The minimum atomic E-state index is -6.02. The van der Waals surface area contributed by atoms with Gasteiger partial charge in [-0.1, -0.05) is 0 Å². The zero-order valence-corrected chi connectivity index (χ0v) is 27.0. The number of hydrogen-bond donors (Lipinski definition) is 15. The second-order valence-electron chi connectivity index (χ2n) is 8.24. The van der Waals surface area contributed by atoms with Crippen molar-refractivity contribution >= 4 is 52.9 Å². The van der Waals surface area contributed by atoms with Crippen molar-refractivity contribution in [3.05, 3.63) is 0 Å². The molecule has 1 fully saturated rings. The minimum absolute atomic E-state index is 0.464. The number of carbonyl (C=O) groups is 1. The van der Waals surface area contributed by atoms with Gasteiger partial charge in [0.2, 0.25) is 0 Å². The average molecular weight is 792 g/mol. The van der Waals surface area contributed by atoms with Crippen LogP contribution in [-0.2, 0) is 59.3 Å². The number of rotatable bonds is 16. The van der Waals surface area contributed by atoms with Gasteiger partial charge in [0.15, 0.2) is 0 Å². The van der Waals surface area contributed by atoms with E-state index >= 15 is 0 Å². The van der Waals surface area contributed by atoms with Crippen LogP contribution in [0.15, 0.2) is 0 Å². The third-order valence-electron chi connectivity index (χ3n) is 4.53. The first-order valence-corrected chi connectivity index (χ1v) is 20.1. The van der Waals surface area contributed by atoms with Crippen LogP contribution in [0.3, 0.4) is 0 Å². The predicted molar refractivity (Wildman–Crippen MR) is 135 cm³/mol. The Hall–Kier alpha value is 0.0500. The van der Waals surface area contributed by atoms with E-state index in [1.807, 2.05) is 0 Å². The van der Waals surface area contributed by atoms with Gasteiger partial charge in [-0.2, -0.15) is 0 Å². The summed E-state index contributed by atoms with van der Waals surface area (Å²) in [6, 6.07) is -0.742. The molecule has 1 aliphatic rings. The quantitative estimate of drug-likeness (QED) is 0.0662. The molecule has 1 saturated carbocycles. The summed E-state index contributed by atoms with van der Waals surface area (Å²) in [5.74, 6) is -0.955. The average Bonchev–Trinajstić information content (AvgIpc) is 2.75. The van der Waals surface area contributed by atoms with Gasteiger partial charge in [0, 0.05) is 0 Å². The first-order valence-electron chi connectivity index (χ1n) is 10.9. The van der Waals surface area contributed by atoms with Gasteiger partial charge < -0.3 is 75.3 Å². The zero-order valence-electron chi connectivity index (χ0n) is 21.6. The van der Waals surface area contributed by atoms with E-state index in [0.29, 0.717) is 19.4 Å². The van der Waals surface area contributed by atoms with Crippen LogP contribution >= 0.6 is 46.9 Å². The maximum atomic E-state index is 11.4. The molecule has 1 rings (SSSR count). The number of aliphatic carboxylic acids is 1. The van der Waals surface area contributed by atoms with Crippen molar-refractivity contribution in [2.24, 2.45) is 11.5 Å². The first kappa shape index (κ1) is 45.0. The van der Waals surface area contributed by atoms with Crippen LogP contribution in [0.25, 0.3) is 0 Å². The summed E-state index contributed by atoms with van der Waals surface area (Å²) in [5.41, 5.74) is 10.3. The summed E-state index contributed by atoms with van der Waals surface area (Å²) in [7, 11) is -36.1. The minimum Gasteiger partial charge on any atom is -0.480 e. The van der Waals surface area contributed by atoms with Crippen molar-refractivity contribution in [2.75, 3.05) is 6.54 Å². The highest BCUT2D eigenvalue weighted by atomic mass is 31.2. The first-order chi connectivity index (χ1) is 19.8. The van der Waals surface area contributed by atoms with E-state index in [4.69, 9.17) is 75.3 Å². The summed E-state index contributed by atoms with van der Waals surface area (Å²) in [4.78, 5) is 120. The van der Waals surface area contributed by atoms with Gasteiger partial charge in [-0.25, -0.2) is 27.4 Å². The molecule has 1 aliphatic carbocycles. The molecule has 17 N–H and O–H groups in total. The number of carboxylic acids is 1. The van der Waals surface area contributed by atoms with Crippen LogP contribution in [0.5, 0.6) is 0 Å². The second-order valence-corrected chi connectivity index (χ2v) is 15.4. The van der Waals surface area contributed by atoms with Crippen LogP contribution in [0.1, 0.15) is 12.8 Å². The van der Waals surface area contributed by atoms with Crippen molar-refractivity contribution in [3.63, 3.8) is 0 Å². The Balaban J connectivity index is 0.00000186. The molecule has 1 atom stereocenters. The Kier molecular flexibility index (Phi) is 17.1. The number of phosphoric ester groups is 6. The van der Waals surface area contributed by atoms with Gasteiger partial charge in [-0.05, 0) is 19.4 Å². The number of phosphoric acid groups is 6. The van der Waals surface area contributed by atoms with Crippen molar-refractivity contribution in [1.29, 1.82) is 0 Å². The van der Waals surface area contributed by atoms with E-state index in [1.54, 1.807) is 0 Å². The van der Waals surface area contributed by atoms with E-state index in [-0.39, 0.29) is 0 Å². The molecule has 0 heterocycles. The molecule has 0 bridgehead atoms. The molecule has 0 spiro atoms. The van der Waals surface area contributed by atoms with Crippen LogP contribution in [0, 0.1) is 0 Å². The summed E-state index contributed by atoms with van der Waals surface area (Å²) >= 11 is 0. The van der Waals surface area contributed by atoms with Crippen molar-refractivity contribution < 1.29 is 123 Å². The summed E-state index contributed by atoms with van der Waals surface area (Å²) in [5, 5.41) is 8.24. The van der Waals surface area contributed by atoms with Gasteiger partial charge >= 0.3 is 52.9 Å². The van der Waals surface area contributed by atoms with Crippen LogP contribution < -0.4 is 11.5 Å². The highest BCUT2D eigenvalue weighted by molar-refractivity contribution is 7.47. The van der Waals surface area contributed by atoms with Gasteiger partial charge in [0.1, 0.15) is 42.7 Å². The Morgan fingerprint density at radius 3 is 0.800 bits per heavy atom. The molecular formula is C11H30N2O26P6. The molecule has 270 valence electrons. The van der Waals surface area contributed by atoms with Crippen LogP contribution in [0.4, 0.5) is 0 Å². The van der Waals surface area contributed by atoms with Crippen molar-refractivity contribution in [2.45, 2.75) is 55.5 Å². The molecule has 45 heavy (non-hydrogen) atoms. The summed E-state index contributed by atoms with van der Waals surface area (Å²) in [6.07, 6.45) is -17.7. The molecule has 0 aromatic heterocycles. The van der Waals surface area contributed by atoms with Gasteiger partial charge in [0.05, 0.1) is 0 Å². The lowest BCUT2D eigenvalue weighted by atomic mass is 9.85. The fraction of sp³-hybridized carbons (Fsp3) is 0.909. The van der Waals surface area contributed by atoms with E-state index in [0.717, 1.165) is 0 Å². The van der Waals surface area contributed by atoms with Gasteiger partial charge in [0.25, 0.3) is 0 Å². The Morgan fingerprint density at radius 1 is 0.511 bits per heavy atom. The highest BCUT2D eigenvalue weighted by Crippen LogP contribution is 2.57. The molecule has 0 aliphatic heterocycles. The lowest BCUT2D eigenvalue weighted by Gasteiger charge is -2.48. The topological polar surface area (TPSA) is 490 Å². The number of nitrogens with two attached hydrogens (primary N) is 2. The third-order valence-corrected chi connectivity index (χ3v) is 7.64. The summed E-state index contributed by atoms with van der Waals surface area (Å²) in [6.45, 7) is 0.501. The van der Waals surface area contributed by atoms with E-state index in [1.165, 1.54) is 0 Å². The normalized spacial score (nSPS) is 26.1. The van der Waals surface area contributed by atoms with Crippen LogP contribution in [-0.4, -0.2) is 119 Å².